The highest BCUT2D eigenvalue weighted by Gasteiger charge is 2.20. The van der Waals surface area contributed by atoms with Crippen LogP contribution >= 0.6 is 24.0 Å². The molecule has 7 heteroatoms. The zero-order valence-electron chi connectivity index (χ0n) is 14.9. The predicted molar refractivity (Wildman–Crippen MR) is 109 cm³/mol. The van der Waals surface area contributed by atoms with Gasteiger partial charge in [0.2, 0.25) is 0 Å². The summed E-state index contributed by atoms with van der Waals surface area (Å²) in [5.41, 5.74) is 0.902. The smallest absolute Gasteiger partial charge is 0.191 e. The van der Waals surface area contributed by atoms with E-state index in [0.717, 1.165) is 43.8 Å². The molecule has 0 heterocycles. The standard InChI is InChI=1S/C18H28FN3O2.HI/c1-3-20-18(22-15-8-10-16(23)11-9-15)21-12-17(24-2)13-4-6-14(19)7-5-13;/h4-7,15-17,23H,3,8-12H2,1-2H3,(H2,20,21,22);1H. The van der Waals surface area contributed by atoms with Crippen molar-refractivity contribution in [1.29, 1.82) is 0 Å². The number of hydrogen-bond acceptors (Lipinski definition) is 3. The largest absolute Gasteiger partial charge is 0.393 e. The van der Waals surface area contributed by atoms with E-state index in [1.54, 1.807) is 19.2 Å². The summed E-state index contributed by atoms with van der Waals surface area (Å²) in [5, 5.41) is 16.3. The van der Waals surface area contributed by atoms with Gasteiger partial charge in [0.05, 0.1) is 12.6 Å². The number of aliphatic hydroxyl groups excluding tert-OH is 1. The minimum atomic E-state index is -0.258. The van der Waals surface area contributed by atoms with Gasteiger partial charge in [-0.2, -0.15) is 0 Å². The quantitative estimate of drug-likeness (QED) is 0.344. The van der Waals surface area contributed by atoms with Crippen molar-refractivity contribution in [2.75, 3.05) is 20.2 Å². The number of hydrogen-bond donors (Lipinski definition) is 3. The van der Waals surface area contributed by atoms with Gasteiger partial charge in [-0.1, -0.05) is 12.1 Å². The summed E-state index contributed by atoms with van der Waals surface area (Å²) >= 11 is 0. The molecule has 2 rings (SSSR count). The topological polar surface area (TPSA) is 65.9 Å². The van der Waals surface area contributed by atoms with Crippen LogP contribution in [0.3, 0.4) is 0 Å². The number of rotatable bonds is 6. The van der Waals surface area contributed by atoms with E-state index in [1.807, 2.05) is 6.92 Å². The molecule has 0 amide bonds. The Hall–Kier alpha value is -0.930. The van der Waals surface area contributed by atoms with Gasteiger partial charge in [-0.05, 0) is 50.3 Å². The van der Waals surface area contributed by atoms with Gasteiger partial charge >= 0.3 is 0 Å². The maximum Gasteiger partial charge on any atom is 0.191 e. The summed E-state index contributed by atoms with van der Waals surface area (Å²) in [4.78, 5) is 4.61. The van der Waals surface area contributed by atoms with Crippen LogP contribution in [0.15, 0.2) is 29.3 Å². The molecule has 1 saturated carbocycles. The van der Waals surface area contributed by atoms with Crippen LogP contribution in [0.5, 0.6) is 0 Å². The number of benzene rings is 1. The SMILES string of the molecule is CCNC(=NCC(OC)c1ccc(F)cc1)NC1CCC(O)CC1.I. The van der Waals surface area contributed by atoms with E-state index in [9.17, 15) is 9.50 Å². The Morgan fingerprint density at radius 1 is 1.28 bits per heavy atom. The normalized spacial score (nSPS) is 22.0. The number of guanidine groups is 1. The first kappa shape index (κ1) is 22.1. The molecule has 1 aliphatic carbocycles. The summed E-state index contributed by atoms with van der Waals surface area (Å²) in [5.74, 6) is 0.495. The average molecular weight is 465 g/mol. The molecule has 1 aromatic rings. The molecule has 25 heavy (non-hydrogen) atoms. The molecule has 0 saturated heterocycles. The Bertz CT molecular complexity index is 520. The van der Waals surface area contributed by atoms with Crippen LogP contribution in [0.25, 0.3) is 0 Å². The number of ether oxygens (including phenoxy) is 1. The number of nitrogens with zero attached hydrogens (tertiary/aromatic N) is 1. The molecule has 0 spiro atoms. The lowest BCUT2D eigenvalue weighted by molar-refractivity contribution is 0.110. The molecule has 0 aromatic heterocycles. The average Bonchev–Trinajstić information content (AvgIpc) is 2.59. The second kappa shape index (κ2) is 11.6. The predicted octanol–water partition coefficient (Wildman–Crippen LogP) is 2.99. The third-order valence-corrected chi connectivity index (χ3v) is 4.32. The van der Waals surface area contributed by atoms with Gasteiger partial charge in [0, 0.05) is 19.7 Å². The molecule has 3 N–H and O–H groups in total. The highest BCUT2D eigenvalue weighted by Crippen LogP contribution is 2.19. The van der Waals surface area contributed by atoms with Crippen molar-refractivity contribution in [3.63, 3.8) is 0 Å². The Labute approximate surface area is 166 Å². The van der Waals surface area contributed by atoms with Crippen LogP contribution in [0.1, 0.15) is 44.3 Å². The second-order valence-electron chi connectivity index (χ2n) is 6.15. The Morgan fingerprint density at radius 2 is 1.92 bits per heavy atom. The number of aliphatic imine (C=N–C) groups is 1. The lowest BCUT2D eigenvalue weighted by atomic mass is 9.93. The summed E-state index contributed by atoms with van der Waals surface area (Å²) in [6, 6.07) is 6.64. The monoisotopic (exact) mass is 465 g/mol. The highest BCUT2D eigenvalue weighted by atomic mass is 127. The van der Waals surface area contributed by atoms with E-state index in [2.05, 4.69) is 15.6 Å². The molecule has 1 aliphatic rings. The minimum absolute atomic E-state index is 0. The first-order chi connectivity index (χ1) is 11.6. The number of halogens is 2. The van der Waals surface area contributed by atoms with E-state index in [-0.39, 0.29) is 42.0 Å². The van der Waals surface area contributed by atoms with Gasteiger partial charge in [0.15, 0.2) is 5.96 Å². The minimum Gasteiger partial charge on any atom is -0.393 e. The molecular formula is C18H29FIN3O2. The molecule has 5 nitrogen and oxygen atoms in total. The molecular weight excluding hydrogens is 436 g/mol. The van der Waals surface area contributed by atoms with E-state index >= 15 is 0 Å². The first-order valence-corrected chi connectivity index (χ1v) is 8.63. The van der Waals surface area contributed by atoms with Crippen LogP contribution in [0.4, 0.5) is 4.39 Å². The van der Waals surface area contributed by atoms with E-state index in [0.29, 0.717) is 12.6 Å². The van der Waals surface area contributed by atoms with Crippen LogP contribution < -0.4 is 10.6 Å². The summed E-state index contributed by atoms with van der Waals surface area (Å²) in [6.45, 7) is 3.25. The number of methoxy groups -OCH3 is 1. The van der Waals surface area contributed by atoms with Crippen molar-refractivity contribution in [2.45, 2.75) is 50.9 Å². The Morgan fingerprint density at radius 3 is 2.48 bits per heavy atom. The van der Waals surface area contributed by atoms with Gasteiger partial charge in [-0.3, -0.25) is 4.99 Å². The lowest BCUT2D eigenvalue weighted by Gasteiger charge is -2.27. The Kier molecular flexibility index (Phi) is 10.3. The maximum atomic E-state index is 13.1. The van der Waals surface area contributed by atoms with Crippen molar-refractivity contribution in [3.8, 4) is 0 Å². The summed E-state index contributed by atoms with van der Waals surface area (Å²) < 4.78 is 18.5. The van der Waals surface area contributed by atoms with Gasteiger partial charge in [-0.15, -0.1) is 24.0 Å². The van der Waals surface area contributed by atoms with Gasteiger partial charge in [0.1, 0.15) is 11.9 Å². The molecule has 1 fully saturated rings. The molecule has 1 atom stereocenters. The molecule has 1 aromatic carbocycles. The zero-order chi connectivity index (χ0) is 17.4. The molecule has 142 valence electrons. The first-order valence-electron chi connectivity index (χ1n) is 8.63. The van der Waals surface area contributed by atoms with E-state index < -0.39 is 0 Å². The van der Waals surface area contributed by atoms with Gasteiger partial charge < -0.3 is 20.5 Å². The summed E-state index contributed by atoms with van der Waals surface area (Å²) in [7, 11) is 1.63. The van der Waals surface area contributed by atoms with Gasteiger partial charge in [0.25, 0.3) is 0 Å². The van der Waals surface area contributed by atoms with E-state index in [4.69, 9.17) is 4.74 Å². The van der Waals surface area contributed by atoms with Gasteiger partial charge in [-0.25, -0.2) is 4.39 Å². The third-order valence-electron chi connectivity index (χ3n) is 4.32. The van der Waals surface area contributed by atoms with Crippen LogP contribution in [0.2, 0.25) is 0 Å². The lowest BCUT2D eigenvalue weighted by Crippen LogP contribution is -2.45. The van der Waals surface area contributed by atoms with Crippen molar-refractivity contribution in [1.82, 2.24) is 10.6 Å². The molecule has 1 unspecified atom stereocenters. The molecule has 0 aliphatic heterocycles. The maximum absolute atomic E-state index is 13.1. The summed E-state index contributed by atoms with van der Waals surface area (Å²) in [6.07, 6.45) is 3.16. The van der Waals surface area contributed by atoms with Crippen molar-refractivity contribution < 1.29 is 14.2 Å². The highest BCUT2D eigenvalue weighted by molar-refractivity contribution is 14.0. The van der Waals surface area contributed by atoms with Crippen LogP contribution in [-0.2, 0) is 4.74 Å². The van der Waals surface area contributed by atoms with Crippen LogP contribution in [0, 0.1) is 5.82 Å². The Balaban J connectivity index is 0.00000312. The fraction of sp³-hybridized carbons (Fsp3) is 0.611. The van der Waals surface area contributed by atoms with Crippen LogP contribution in [-0.4, -0.2) is 43.4 Å². The fourth-order valence-electron chi connectivity index (χ4n) is 2.90. The molecule has 0 bridgehead atoms. The zero-order valence-corrected chi connectivity index (χ0v) is 17.2. The van der Waals surface area contributed by atoms with E-state index in [1.165, 1.54) is 12.1 Å². The van der Waals surface area contributed by atoms with Crippen molar-refractivity contribution >= 4 is 29.9 Å². The number of nitrogens with one attached hydrogen (secondary N) is 2. The van der Waals surface area contributed by atoms with Crippen molar-refractivity contribution in [3.05, 3.63) is 35.6 Å². The number of aliphatic hydroxyl groups is 1. The fourth-order valence-corrected chi connectivity index (χ4v) is 2.90. The molecule has 0 radical (unpaired) electrons. The van der Waals surface area contributed by atoms with Crippen molar-refractivity contribution in [2.24, 2.45) is 4.99 Å². The third kappa shape index (κ3) is 7.45. The second-order valence-corrected chi connectivity index (χ2v) is 6.15.